The molecule has 3 aliphatic rings. The lowest BCUT2D eigenvalue weighted by Crippen LogP contribution is -2.58. The summed E-state index contributed by atoms with van der Waals surface area (Å²) in [6.45, 7) is 5.63. The highest BCUT2D eigenvalue weighted by Gasteiger charge is 2.42. The number of nitrogens with one attached hydrogen (secondary N) is 1. The Morgan fingerprint density at radius 1 is 1.38 bits per heavy atom. The molecule has 2 amide bonds. The molecule has 2 saturated carbocycles. The van der Waals surface area contributed by atoms with Gasteiger partial charge < -0.3 is 20.1 Å². The summed E-state index contributed by atoms with van der Waals surface area (Å²) in [5.41, 5.74) is 0.191. The molecule has 3 rings (SSSR count). The van der Waals surface area contributed by atoms with Gasteiger partial charge in [-0.25, -0.2) is 4.79 Å². The zero-order valence-corrected chi connectivity index (χ0v) is 14.5. The van der Waals surface area contributed by atoms with Gasteiger partial charge in [0.25, 0.3) is 0 Å². The number of urea groups is 1. The molecule has 0 unspecified atom stereocenters. The van der Waals surface area contributed by atoms with E-state index in [1.807, 2.05) is 16.7 Å². The minimum absolute atomic E-state index is 0.0107. The van der Waals surface area contributed by atoms with Gasteiger partial charge in [-0.1, -0.05) is 13.3 Å². The number of carboxylic acid groups (broad SMARTS) is 1. The van der Waals surface area contributed by atoms with Gasteiger partial charge in [0.15, 0.2) is 0 Å². The fraction of sp³-hybridized carbons (Fsp3) is 0.882. The molecule has 7 heteroatoms. The van der Waals surface area contributed by atoms with E-state index in [0.717, 1.165) is 45.4 Å². The van der Waals surface area contributed by atoms with E-state index in [1.165, 1.54) is 6.42 Å². The number of carbonyl (C=O) groups excluding carboxylic acids is 1. The maximum Gasteiger partial charge on any atom is 0.317 e. The summed E-state index contributed by atoms with van der Waals surface area (Å²) >= 11 is 0. The molecule has 1 heterocycles. The minimum Gasteiger partial charge on any atom is -0.480 e. The van der Waals surface area contributed by atoms with Gasteiger partial charge in [-0.3, -0.25) is 9.69 Å². The molecule has 0 aromatic carbocycles. The number of carbonyl (C=O) groups is 2. The fourth-order valence-electron chi connectivity index (χ4n) is 4.09. The molecule has 0 atom stereocenters. The first-order valence-corrected chi connectivity index (χ1v) is 9.10. The van der Waals surface area contributed by atoms with Gasteiger partial charge >= 0.3 is 12.0 Å². The molecule has 2 aliphatic carbocycles. The Bertz CT molecular complexity index is 474. The van der Waals surface area contributed by atoms with E-state index in [-0.39, 0.29) is 30.1 Å². The minimum atomic E-state index is -0.792. The Hall–Kier alpha value is -1.34. The summed E-state index contributed by atoms with van der Waals surface area (Å²) in [5, 5.41) is 12.1. The van der Waals surface area contributed by atoms with Crippen LogP contribution in [-0.2, 0) is 9.53 Å². The molecule has 1 aliphatic heterocycles. The van der Waals surface area contributed by atoms with Crippen molar-refractivity contribution in [3.8, 4) is 0 Å². The Labute approximate surface area is 143 Å². The molecule has 0 radical (unpaired) electrons. The smallest absolute Gasteiger partial charge is 0.317 e. The van der Waals surface area contributed by atoms with Crippen LogP contribution < -0.4 is 5.32 Å². The summed E-state index contributed by atoms with van der Waals surface area (Å²) < 4.78 is 5.69. The van der Waals surface area contributed by atoms with E-state index in [9.17, 15) is 9.59 Å². The van der Waals surface area contributed by atoms with Crippen molar-refractivity contribution in [2.24, 2.45) is 5.41 Å². The Morgan fingerprint density at radius 2 is 2.12 bits per heavy atom. The number of rotatable bonds is 5. The van der Waals surface area contributed by atoms with Crippen molar-refractivity contribution >= 4 is 12.0 Å². The zero-order valence-electron chi connectivity index (χ0n) is 14.5. The van der Waals surface area contributed by atoms with Crippen LogP contribution in [0.15, 0.2) is 0 Å². The van der Waals surface area contributed by atoms with Crippen LogP contribution in [0.1, 0.15) is 39.0 Å². The summed E-state index contributed by atoms with van der Waals surface area (Å²) in [6.07, 6.45) is 5.22. The standard InChI is InChI=1S/C17H29N3O4/c1-2-19(10-15(21)22)14-8-13(9-14)18-16(23)20-6-7-24-12-17(11-20)4-3-5-17/h13-14H,2-12H2,1H3,(H,18,23)(H,21,22). The van der Waals surface area contributed by atoms with E-state index < -0.39 is 5.97 Å². The molecular weight excluding hydrogens is 310 g/mol. The van der Waals surface area contributed by atoms with Crippen molar-refractivity contribution in [1.29, 1.82) is 0 Å². The number of ether oxygens (including phenoxy) is 1. The molecule has 0 aromatic rings. The lowest BCUT2D eigenvalue weighted by Gasteiger charge is -2.44. The average molecular weight is 339 g/mol. The van der Waals surface area contributed by atoms with Gasteiger partial charge in [0, 0.05) is 30.6 Å². The zero-order chi connectivity index (χ0) is 17.2. The lowest BCUT2D eigenvalue weighted by atomic mass is 9.69. The van der Waals surface area contributed by atoms with Gasteiger partial charge in [-0.15, -0.1) is 0 Å². The van der Waals surface area contributed by atoms with Gasteiger partial charge in [-0.2, -0.15) is 0 Å². The predicted octanol–water partition coefficient (Wildman–Crippen LogP) is 1.14. The quantitative estimate of drug-likeness (QED) is 0.785. The van der Waals surface area contributed by atoms with E-state index in [1.54, 1.807) is 0 Å². The first-order chi connectivity index (χ1) is 11.5. The topological polar surface area (TPSA) is 82.1 Å². The molecule has 24 heavy (non-hydrogen) atoms. The summed E-state index contributed by atoms with van der Waals surface area (Å²) in [5.74, 6) is -0.792. The maximum absolute atomic E-state index is 12.6. The third-order valence-corrected chi connectivity index (χ3v) is 5.84. The van der Waals surface area contributed by atoms with Crippen LogP contribution in [0, 0.1) is 5.41 Å². The summed E-state index contributed by atoms with van der Waals surface area (Å²) in [4.78, 5) is 27.3. The number of amides is 2. The van der Waals surface area contributed by atoms with Crippen molar-refractivity contribution < 1.29 is 19.4 Å². The normalized spacial score (nSPS) is 28.8. The number of carboxylic acids is 1. The van der Waals surface area contributed by atoms with Crippen LogP contribution in [-0.4, -0.2) is 78.4 Å². The molecule has 0 bridgehead atoms. The van der Waals surface area contributed by atoms with Crippen molar-refractivity contribution in [3.05, 3.63) is 0 Å². The molecule has 2 N–H and O–H groups in total. The third kappa shape index (κ3) is 3.83. The highest BCUT2D eigenvalue weighted by molar-refractivity contribution is 5.75. The third-order valence-electron chi connectivity index (χ3n) is 5.84. The SMILES string of the molecule is CCN(CC(=O)O)C1CC(NC(=O)N2CCOCC3(CCC3)C2)C1. The van der Waals surface area contributed by atoms with E-state index in [2.05, 4.69) is 5.32 Å². The van der Waals surface area contributed by atoms with Crippen LogP contribution in [0.4, 0.5) is 4.79 Å². The van der Waals surface area contributed by atoms with Crippen LogP contribution in [0.3, 0.4) is 0 Å². The molecule has 0 aromatic heterocycles. The van der Waals surface area contributed by atoms with Gasteiger partial charge in [0.05, 0.1) is 19.8 Å². The maximum atomic E-state index is 12.6. The highest BCUT2D eigenvalue weighted by atomic mass is 16.5. The number of likely N-dealkylation sites (N-methyl/N-ethyl adjacent to an activating group) is 1. The second-order valence-electron chi connectivity index (χ2n) is 7.56. The number of hydrogen-bond donors (Lipinski definition) is 2. The molecule has 7 nitrogen and oxygen atoms in total. The van der Waals surface area contributed by atoms with Gasteiger partial charge in [-0.05, 0) is 32.2 Å². The second kappa shape index (κ2) is 7.27. The highest BCUT2D eigenvalue weighted by Crippen LogP contribution is 2.42. The number of aliphatic carboxylic acids is 1. The van der Waals surface area contributed by atoms with Gasteiger partial charge in [0.2, 0.25) is 0 Å². The van der Waals surface area contributed by atoms with E-state index >= 15 is 0 Å². The van der Waals surface area contributed by atoms with Crippen LogP contribution in [0.5, 0.6) is 0 Å². The van der Waals surface area contributed by atoms with Crippen molar-refractivity contribution in [3.63, 3.8) is 0 Å². The van der Waals surface area contributed by atoms with Gasteiger partial charge in [0.1, 0.15) is 0 Å². The Kier molecular flexibility index (Phi) is 5.30. The van der Waals surface area contributed by atoms with Crippen LogP contribution in [0.2, 0.25) is 0 Å². The molecule has 136 valence electrons. The second-order valence-corrected chi connectivity index (χ2v) is 7.56. The van der Waals surface area contributed by atoms with Crippen molar-refractivity contribution in [2.75, 3.05) is 39.4 Å². The predicted molar refractivity (Wildman–Crippen MR) is 88.9 cm³/mol. The van der Waals surface area contributed by atoms with Crippen molar-refractivity contribution in [1.82, 2.24) is 15.1 Å². The fourth-order valence-corrected chi connectivity index (χ4v) is 4.09. The molecule has 3 fully saturated rings. The van der Waals surface area contributed by atoms with E-state index in [4.69, 9.17) is 9.84 Å². The molecular formula is C17H29N3O4. The number of hydrogen-bond acceptors (Lipinski definition) is 4. The first-order valence-electron chi connectivity index (χ1n) is 9.10. The summed E-state index contributed by atoms with van der Waals surface area (Å²) in [7, 11) is 0. The molecule has 1 saturated heterocycles. The van der Waals surface area contributed by atoms with Crippen LogP contribution in [0.25, 0.3) is 0 Å². The average Bonchev–Trinajstić information content (AvgIpc) is 2.71. The summed E-state index contributed by atoms with van der Waals surface area (Å²) in [6, 6.07) is 0.435. The largest absolute Gasteiger partial charge is 0.480 e. The lowest BCUT2D eigenvalue weighted by molar-refractivity contribution is -0.139. The molecule has 1 spiro atoms. The monoisotopic (exact) mass is 339 g/mol. The van der Waals surface area contributed by atoms with E-state index in [0.29, 0.717) is 13.2 Å². The number of nitrogens with zero attached hydrogens (tertiary/aromatic N) is 2. The first kappa shape index (κ1) is 17.5. The van der Waals surface area contributed by atoms with Crippen LogP contribution >= 0.6 is 0 Å². The van der Waals surface area contributed by atoms with Crippen molar-refractivity contribution in [2.45, 2.75) is 51.1 Å². The Balaban J connectivity index is 1.45. The Morgan fingerprint density at radius 3 is 2.71 bits per heavy atom.